The Bertz CT molecular complexity index is 608. The minimum Gasteiger partial charge on any atom is -0.381 e. The molecule has 0 bridgehead atoms. The van der Waals surface area contributed by atoms with Crippen LogP contribution in [-0.4, -0.2) is 42.1 Å². The highest BCUT2D eigenvalue weighted by Gasteiger charge is 2.27. The molecule has 20 heavy (non-hydrogen) atoms. The van der Waals surface area contributed by atoms with Gasteiger partial charge in [0.15, 0.2) is 0 Å². The highest BCUT2D eigenvalue weighted by molar-refractivity contribution is 5.96. The van der Waals surface area contributed by atoms with E-state index in [0.29, 0.717) is 11.5 Å². The lowest BCUT2D eigenvalue weighted by Gasteiger charge is -2.16. The predicted octanol–water partition coefficient (Wildman–Crippen LogP) is 1.48. The van der Waals surface area contributed by atoms with Crippen LogP contribution in [0.4, 0.5) is 0 Å². The monoisotopic (exact) mass is 274 g/mol. The molecule has 1 saturated heterocycles. The number of ether oxygens (including phenoxy) is 1. The van der Waals surface area contributed by atoms with Crippen molar-refractivity contribution in [1.82, 2.24) is 9.88 Å². The lowest BCUT2D eigenvalue weighted by Crippen LogP contribution is -2.30. The zero-order chi connectivity index (χ0) is 13.9. The molecule has 0 aliphatic carbocycles. The summed E-state index contributed by atoms with van der Waals surface area (Å²) in [6, 6.07) is 3.89. The third-order valence-electron chi connectivity index (χ3n) is 3.84. The number of likely N-dealkylation sites (tertiary alicyclic amines) is 1. The summed E-state index contributed by atoms with van der Waals surface area (Å²) in [5, 5.41) is 1.03. The Balaban J connectivity index is 1.69. The zero-order valence-corrected chi connectivity index (χ0v) is 11.7. The van der Waals surface area contributed by atoms with Gasteiger partial charge in [0.2, 0.25) is 0 Å². The summed E-state index contributed by atoms with van der Waals surface area (Å²) in [5.74, 6) is 0.571. The van der Waals surface area contributed by atoms with Crippen molar-refractivity contribution in [3.8, 4) is 0 Å². The Morgan fingerprint density at radius 1 is 1.60 bits per heavy atom. The number of pyridine rings is 1. The van der Waals surface area contributed by atoms with E-state index in [1.165, 1.54) is 0 Å². The first-order valence-corrected chi connectivity index (χ1v) is 7.13. The van der Waals surface area contributed by atoms with E-state index in [9.17, 15) is 4.79 Å². The van der Waals surface area contributed by atoms with Crippen molar-refractivity contribution in [3.05, 3.63) is 30.1 Å². The first-order chi connectivity index (χ1) is 9.78. The molecule has 3 rings (SSSR count). The average molecular weight is 274 g/mol. The molecule has 1 aliphatic heterocycles. The van der Waals surface area contributed by atoms with Gasteiger partial charge in [-0.1, -0.05) is 0 Å². The number of H-pyrrole nitrogens is 2. The zero-order valence-electron chi connectivity index (χ0n) is 11.7. The number of carbonyl (C=O) groups excluding carboxylic acids is 1. The SMILES string of the molecule is CCOC[C@@H]1CCN(C(=O)c2c[nH+]c3[nH]ccc3c2)C1. The van der Waals surface area contributed by atoms with Crippen LogP contribution in [0.25, 0.3) is 11.0 Å². The first kappa shape index (κ1) is 13.1. The summed E-state index contributed by atoms with van der Waals surface area (Å²) >= 11 is 0. The molecule has 1 fully saturated rings. The maximum Gasteiger partial charge on any atom is 0.284 e. The molecule has 2 aromatic heterocycles. The van der Waals surface area contributed by atoms with Crippen molar-refractivity contribution >= 4 is 16.9 Å². The van der Waals surface area contributed by atoms with E-state index in [4.69, 9.17) is 4.74 Å². The standard InChI is InChI=1S/C15H19N3O2/c1-2-20-10-11-4-6-18(9-11)15(19)13-7-12-3-5-16-14(12)17-8-13/h3,5,7-8,11H,2,4,6,9-10H2,1H3,(H,16,17)/p+1/t11-/m1/s1. The molecule has 5 heteroatoms. The van der Waals surface area contributed by atoms with Gasteiger partial charge >= 0.3 is 0 Å². The number of nitrogens with zero attached hydrogens (tertiary/aromatic N) is 1. The molecule has 0 aromatic carbocycles. The third-order valence-corrected chi connectivity index (χ3v) is 3.84. The van der Waals surface area contributed by atoms with Crippen molar-refractivity contribution < 1.29 is 14.5 Å². The molecule has 0 unspecified atom stereocenters. The predicted molar refractivity (Wildman–Crippen MR) is 75.4 cm³/mol. The molecule has 5 nitrogen and oxygen atoms in total. The topological polar surface area (TPSA) is 59.5 Å². The Labute approximate surface area is 117 Å². The van der Waals surface area contributed by atoms with Crippen LogP contribution in [0.5, 0.6) is 0 Å². The minimum absolute atomic E-state index is 0.100. The van der Waals surface area contributed by atoms with Crippen LogP contribution in [0, 0.1) is 5.92 Å². The summed E-state index contributed by atoms with van der Waals surface area (Å²) in [6.07, 6.45) is 4.67. The fourth-order valence-electron chi connectivity index (χ4n) is 2.73. The second-order valence-electron chi connectivity index (χ2n) is 5.26. The van der Waals surface area contributed by atoms with Gasteiger partial charge in [0, 0.05) is 25.6 Å². The average Bonchev–Trinajstić information content (AvgIpc) is 3.12. The lowest BCUT2D eigenvalue weighted by molar-refractivity contribution is -0.347. The van der Waals surface area contributed by atoms with E-state index < -0.39 is 0 Å². The Morgan fingerprint density at radius 2 is 2.50 bits per heavy atom. The van der Waals surface area contributed by atoms with Crippen LogP contribution in [0.15, 0.2) is 24.5 Å². The van der Waals surface area contributed by atoms with Gasteiger partial charge in [-0.15, -0.1) is 0 Å². The third kappa shape index (κ3) is 2.54. The van der Waals surface area contributed by atoms with Crippen molar-refractivity contribution in [1.29, 1.82) is 0 Å². The number of amides is 1. The van der Waals surface area contributed by atoms with E-state index in [-0.39, 0.29) is 5.91 Å². The first-order valence-electron chi connectivity index (χ1n) is 7.13. The number of aromatic nitrogens is 2. The van der Waals surface area contributed by atoms with Crippen LogP contribution < -0.4 is 4.98 Å². The van der Waals surface area contributed by atoms with Gasteiger partial charge in [-0.25, -0.2) is 9.97 Å². The number of fused-ring (bicyclic) bond motifs is 1. The largest absolute Gasteiger partial charge is 0.381 e. The number of nitrogens with one attached hydrogen (secondary N) is 2. The van der Waals surface area contributed by atoms with E-state index >= 15 is 0 Å². The van der Waals surface area contributed by atoms with Crippen molar-refractivity contribution in [2.45, 2.75) is 13.3 Å². The number of rotatable bonds is 4. The number of hydrogen-bond acceptors (Lipinski definition) is 2. The fraction of sp³-hybridized carbons (Fsp3) is 0.467. The summed E-state index contributed by atoms with van der Waals surface area (Å²) in [6.45, 7) is 5.11. The maximum absolute atomic E-state index is 12.5. The Kier molecular flexibility index (Phi) is 3.69. The normalized spacial score (nSPS) is 18.9. The molecular weight excluding hydrogens is 254 g/mol. The van der Waals surface area contributed by atoms with E-state index in [0.717, 1.165) is 43.8 Å². The number of carbonyl (C=O) groups is 1. The summed E-state index contributed by atoms with van der Waals surface area (Å²) < 4.78 is 5.45. The number of aromatic amines is 2. The second kappa shape index (κ2) is 5.63. The summed E-state index contributed by atoms with van der Waals surface area (Å²) in [5.41, 5.74) is 1.66. The van der Waals surface area contributed by atoms with Crippen LogP contribution in [0.1, 0.15) is 23.7 Å². The lowest BCUT2D eigenvalue weighted by atomic mass is 10.1. The van der Waals surface area contributed by atoms with E-state index in [1.54, 1.807) is 6.20 Å². The van der Waals surface area contributed by atoms with Crippen molar-refractivity contribution in [2.24, 2.45) is 5.92 Å². The molecule has 0 radical (unpaired) electrons. The van der Waals surface area contributed by atoms with Gasteiger partial charge in [0.05, 0.1) is 23.8 Å². The van der Waals surface area contributed by atoms with Crippen molar-refractivity contribution in [2.75, 3.05) is 26.3 Å². The summed E-state index contributed by atoms with van der Waals surface area (Å²) in [4.78, 5) is 20.6. The molecule has 2 N–H and O–H groups in total. The molecule has 1 amide bonds. The highest BCUT2D eigenvalue weighted by Crippen LogP contribution is 2.19. The van der Waals surface area contributed by atoms with Gasteiger partial charge in [-0.2, -0.15) is 0 Å². The molecule has 3 heterocycles. The molecule has 1 atom stereocenters. The highest BCUT2D eigenvalue weighted by atomic mass is 16.5. The van der Waals surface area contributed by atoms with Crippen LogP contribution in [-0.2, 0) is 4.74 Å². The summed E-state index contributed by atoms with van der Waals surface area (Å²) in [7, 11) is 0. The molecular formula is C15H20N3O2+. The minimum atomic E-state index is 0.100. The van der Waals surface area contributed by atoms with Crippen LogP contribution in [0.2, 0.25) is 0 Å². The second-order valence-corrected chi connectivity index (χ2v) is 5.26. The number of hydrogen-bond donors (Lipinski definition) is 1. The van der Waals surface area contributed by atoms with Crippen molar-refractivity contribution in [3.63, 3.8) is 0 Å². The van der Waals surface area contributed by atoms with Crippen LogP contribution in [0.3, 0.4) is 0 Å². The van der Waals surface area contributed by atoms with Gasteiger partial charge in [-0.05, 0) is 25.5 Å². The van der Waals surface area contributed by atoms with E-state index in [2.05, 4.69) is 9.97 Å². The van der Waals surface area contributed by atoms with Gasteiger partial charge in [0.1, 0.15) is 6.20 Å². The van der Waals surface area contributed by atoms with Gasteiger partial charge < -0.3 is 9.64 Å². The van der Waals surface area contributed by atoms with Gasteiger partial charge in [0.25, 0.3) is 11.6 Å². The fourth-order valence-corrected chi connectivity index (χ4v) is 2.73. The van der Waals surface area contributed by atoms with Gasteiger partial charge in [-0.3, -0.25) is 4.79 Å². The Morgan fingerprint density at radius 3 is 3.35 bits per heavy atom. The molecule has 0 spiro atoms. The molecule has 1 aliphatic rings. The van der Waals surface area contributed by atoms with Crippen LogP contribution >= 0.6 is 0 Å². The smallest absolute Gasteiger partial charge is 0.284 e. The Hall–Kier alpha value is -1.88. The van der Waals surface area contributed by atoms with E-state index in [1.807, 2.05) is 30.2 Å². The maximum atomic E-state index is 12.5. The molecule has 0 saturated carbocycles. The molecule has 2 aromatic rings. The quantitative estimate of drug-likeness (QED) is 0.918. The molecule has 106 valence electrons.